The fraction of sp³-hybridized carbons (Fsp3) is 0.415. The molecule has 12 heteroatoms. The molecule has 4 rings (SSSR count). The van der Waals surface area contributed by atoms with Crippen molar-refractivity contribution in [3.8, 4) is 0 Å². The summed E-state index contributed by atoms with van der Waals surface area (Å²) >= 11 is 0. The van der Waals surface area contributed by atoms with Gasteiger partial charge in [-0.05, 0) is 70.8 Å². The molecule has 0 aromatic heterocycles. The highest BCUT2D eigenvalue weighted by molar-refractivity contribution is 5.66. The molecule has 0 heterocycles. The molecule has 0 saturated heterocycles. The summed E-state index contributed by atoms with van der Waals surface area (Å²) in [7, 11) is 13.4. The van der Waals surface area contributed by atoms with E-state index in [1.54, 1.807) is 56.9 Å². The summed E-state index contributed by atoms with van der Waals surface area (Å²) < 4.78 is 43.9. The zero-order chi connectivity index (χ0) is 38.1. The summed E-state index contributed by atoms with van der Waals surface area (Å²) in [6, 6.07) is 34.5. The fourth-order valence-electron chi connectivity index (χ4n) is 6.68. The molecule has 12 nitrogen and oxygen atoms in total. The lowest BCUT2D eigenvalue weighted by Crippen LogP contribution is -2.33. The van der Waals surface area contributed by atoms with Gasteiger partial charge < -0.3 is 57.5 Å². The van der Waals surface area contributed by atoms with E-state index in [1.165, 1.54) is 0 Å². The molecule has 0 saturated carbocycles. The molecular formula is C41H56N4O8. The van der Waals surface area contributed by atoms with Gasteiger partial charge in [0.2, 0.25) is 0 Å². The van der Waals surface area contributed by atoms with Crippen LogP contribution in [-0.4, -0.2) is 111 Å². The van der Waals surface area contributed by atoms with Crippen molar-refractivity contribution >= 4 is 22.7 Å². The Bertz CT molecular complexity index is 1320. The van der Waals surface area contributed by atoms with E-state index in [-0.39, 0.29) is 0 Å². The summed E-state index contributed by atoms with van der Waals surface area (Å²) in [5, 5.41) is 0. The van der Waals surface area contributed by atoms with Gasteiger partial charge in [-0.3, -0.25) is 0 Å². The van der Waals surface area contributed by atoms with Crippen LogP contribution in [0.5, 0.6) is 0 Å². The van der Waals surface area contributed by atoms with Crippen molar-refractivity contribution in [1.82, 2.24) is 0 Å². The van der Waals surface area contributed by atoms with Gasteiger partial charge in [0.05, 0.1) is 5.41 Å². The van der Waals surface area contributed by atoms with Crippen LogP contribution < -0.4 is 19.6 Å². The number of ether oxygens (including phenoxy) is 8. The maximum atomic E-state index is 5.49. The van der Waals surface area contributed by atoms with E-state index in [2.05, 4.69) is 97.1 Å². The van der Waals surface area contributed by atoms with Gasteiger partial charge in [0.25, 0.3) is 0 Å². The van der Waals surface area contributed by atoms with Crippen molar-refractivity contribution in [2.24, 2.45) is 0 Å². The molecule has 0 unspecified atom stereocenters. The van der Waals surface area contributed by atoms with Gasteiger partial charge in [-0.15, -0.1) is 0 Å². The molecular weight excluding hydrogens is 676 g/mol. The third-order valence-corrected chi connectivity index (χ3v) is 8.94. The lowest BCUT2D eigenvalue weighted by atomic mass is 9.65. The highest BCUT2D eigenvalue weighted by Gasteiger charge is 2.39. The topological polar surface area (TPSA) is 86.8 Å². The molecule has 288 valence electrons. The van der Waals surface area contributed by atoms with Crippen LogP contribution in [0.2, 0.25) is 0 Å². The van der Waals surface area contributed by atoms with Crippen molar-refractivity contribution in [2.45, 2.75) is 5.41 Å². The molecule has 0 aliphatic heterocycles. The predicted octanol–water partition coefficient (Wildman–Crippen LogP) is 6.13. The van der Waals surface area contributed by atoms with Gasteiger partial charge in [-0.25, -0.2) is 0 Å². The summed E-state index contributed by atoms with van der Waals surface area (Å²) in [4.78, 5) is 8.13. The Labute approximate surface area is 315 Å². The number of hydrogen-bond acceptors (Lipinski definition) is 12. The predicted molar refractivity (Wildman–Crippen MR) is 210 cm³/mol. The molecule has 0 aliphatic rings. The highest BCUT2D eigenvalue weighted by atomic mass is 16.5. The standard InChI is InChI=1S/C41H56N4O8/c1-46-25-42(26-47-2)37-17-9-33(10-18-37)41(34-11-19-38(20-12-34)43(27-48-3)28-49-4,35-13-21-39(22-14-35)44(29-50-5)30-51-6)36-15-23-40(24-16-36)45(31-52-7)32-53-8/h9-24H,25-32H2,1-8H3. The summed E-state index contributed by atoms with van der Waals surface area (Å²) in [5.41, 5.74) is 7.46. The Morgan fingerprint density at radius 2 is 0.434 bits per heavy atom. The van der Waals surface area contributed by atoms with Crippen molar-refractivity contribution in [3.63, 3.8) is 0 Å². The average Bonchev–Trinajstić information content (AvgIpc) is 3.19. The molecule has 0 bridgehead atoms. The van der Waals surface area contributed by atoms with Crippen LogP contribution in [0.25, 0.3) is 0 Å². The fourth-order valence-corrected chi connectivity index (χ4v) is 6.68. The number of anilines is 4. The number of benzene rings is 4. The van der Waals surface area contributed by atoms with Crippen molar-refractivity contribution in [1.29, 1.82) is 0 Å². The van der Waals surface area contributed by atoms with Gasteiger partial charge in [-0.2, -0.15) is 0 Å². The van der Waals surface area contributed by atoms with E-state index in [4.69, 9.17) is 37.9 Å². The minimum Gasteiger partial charge on any atom is -0.364 e. The van der Waals surface area contributed by atoms with Gasteiger partial charge >= 0.3 is 0 Å². The van der Waals surface area contributed by atoms with Gasteiger partial charge in [0.15, 0.2) is 0 Å². The van der Waals surface area contributed by atoms with E-state index in [0.717, 1.165) is 45.0 Å². The monoisotopic (exact) mass is 732 g/mol. The molecule has 0 atom stereocenters. The van der Waals surface area contributed by atoms with Gasteiger partial charge in [0, 0.05) is 79.6 Å². The Morgan fingerprint density at radius 3 is 0.566 bits per heavy atom. The minimum absolute atomic E-state index is 0.390. The van der Waals surface area contributed by atoms with Crippen molar-refractivity contribution in [2.75, 3.05) is 130 Å². The van der Waals surface area contributed by atoms with E-state index < -0.39 is 5.41 Å². The molecule has 0 N–H and O–H groups in total. The van der Waals surface area contributed by atoms with Gasteiger partial charge in [-0.1, -0.05) is 48.5 Å². The number of methoxy groups -OCH3 is 8. The van der Waals surface area contributed by atoms with E-state index in [1.807, 2.05) is 19.6 Å². The first-order chi connectivity index (χ1) is 25.9. The molecule has 53 heavy (non-hydrogen) atoms. The molecule has 0 amide bonds. The molecule has 4 aromatic carbocycles. The zero-order valence-electron chi connectivity index (χ0n) is 32.4. The van der Waals surface area contributed by atoms with Crippen LogP contribution in [0.3, 0.4) is 0 Å². The Kier molecular flexibility index (Phi) is 16.8. The van der Waals surface area contributed by atoms with Crippen molar-refractivity contribution in [3.05, 3.63) is 119 Å². The van der Waals surface area contributed by atoms with Crippen LogP contribution in [0.1, 0.15) is 22.3 Å². The van der Waals surface area contributed by atoms with Crippen LogP contribution >= 0.6 is 0 Å². The average molecular weight is 733 g/mol. The summed E-state index contributed by atoms with van der Waals surface area (Å²) in [6.45, 7) is 3.12. The number of nitrogens with zero attached hydrogens (tertiary/aromatic N) is 4. The summed E-state index contributed by atoms with van der Waals surface area (Å²) in [5.74, 6) is 0. The third kappa shape index (κ3) is 10.0. The molecule has 0 aliphatic carbocycles. The second-order valence-corrected chi connectivity index (χ2v) is 12.4. The highest BCUT2D eigenvalue weighted by Crippen LogP contribution is 2.47. The van der Waals surface area contributed by atoms with E-state index in [9.17, 15) is 0 Å². The quantitative estimate of drug-likeness (QED) is 0.0614. The lowest BCUT2D eigenvalue weighted by molar-refractivity contribution is 0.140. The summed E-state index contributed by atoms with van der Waals surface area (Å²) in [6.07, 6.45) is 0. The second kappa shape index (κ2) is 21.5. The largest absolute Gasteiger partial charge is 0.364 e. The first-order valence-electron chi connectivity index (χ1n) is 17.3. The van der Waals surface area contributed by atoms with E-state index >= 15 is 0 Å². The SMILES string of the molecule is COCN(COC)c1ccc(C(c2ccc(N(COC)COC)cc2)(c2ccc(N(COC)COC)cc2)c2ccc(N(COC)COC)cc2)cc1. The first kappa shape index (κ1) is 41.5. The smallest absolute Gasteiger partial charge is 0.120 e. The van der Waals surface area contributed by atoms with Crippen LogP contribution in [0.4, 0.5) is 22.7 Å². The van der Waals surface area contributed by atoms with Crippen LogP contribution in [-0.2, 0) is 43.3 Å². The lowest BCUT2D eigenvalue weighted by Gasteiger charge is -2.38. The molecule has 0 spiro atoms. The normalized spacial score (nSPS) is 11.5. The Morgan fingerprint density at radius 1 is 0.283 bits per heavy atom. The number of hydrogen-bond donors (Lipinski definition) is 0. The van der Waals surface area contributed by atoms with Gasteiger partial charge in [0.1, 0.15) is 53.8 Å². The van der Waals surface area contributed by atoms with Crippen LogP contribution in [0, 0.1) is 0 Å². The second-order valence-electron chi connectivity index (χ2n) is 12.4. The van der Waals surface area contributed by atoms with E-state index in [0.29, 0.717) is 53.8 Å². The molecule has 0 radical (unpaired) electrons. The first-order valence-corrected chi connectivity index (χ1v) is 17.3. The Balaban J connectivity index is 2.01. The molecule has 0 fully saturated rings. The minimum atomic E-state index is -0.754. The zero-order valence-corrected chi connectivity index (χ0v) is 32.4. The van der Waals surface area contributed by atoms with Crippen LogP contribution in [0.15, 0.2) is 97.1 Å². The third-order valence-electron chi connectivity index (χ3n) is 8.94. The maximum Gasteiger partial charge on any atom is 0.120 e. The molecule has 4 aromatic rings. The Hall–Kier alpha value is -4.24. The maximum absolute atomic E-state index is 5.49. The van der Waals surface area contributed by atoms with Crippen molar-refractivity contribution < 1.29 is 37.9 Å². The number of rotatable bonds is 24.